The summed E-state index contributed by atoms with van der Waals surface area (Å²) >= 11 is 0. The minimum Gasteiger partial charge on any atom is -0.453 e. The number of carbonyl (C=O) groups is 2. The zero-order valence-corrected chi connectivity index (χ0v) is 25.7. The Kier molecular flexibility index (Phi) is 14.4. The largest absolute Gasteiger partial charge is 0.453 e. The van der Waals surface area contributed by atoms with Crippen LogP contribution in [0, 0.1) is 11.7 Å². The van der Waals surface area contributed by atoms with E-state index >= 15 is 4.39 Å². The van der Waals surface area contributed by atoms with Gasteiger partial charge in [0, 0.05) is 0 Å². The fourth-order valence-corrected chi connectivity index (χ4v) is 5.38. The van der Waals surface area contributed by atoms with Gasteiger partial charge in [-0.3, -0.25) is 0 Å². The molecule has 2 N–H and O–H groups in total. The van der Waals surface area contributed by atoms with Gasteiger partial charge in [0.05, 0.1) is 24.4 Å². The van der Waals surface area contributed by atoms with Gasteiger partial charge in [0.2, 0.25) is 13.6 Å². The molecule has 0 aliphatic heterocycles. The Balaban J connectivity index is 1.67. The number of aliphatic hydroxyl groups is 2. The maximum absolute atomic E-state index is 15.4. The molecule has 9 heteroatoms. The van der Waals surface area contributed by atoms with Gasteiger partial charge in [-0.1, -0.05) is 76.8 Å². The lowest BCUT2D eigenvalue weighted by atomic mass is 9.76. The summed E-state index contributed by atoms with van der Waals surface area (Å²) in [4.78, 5) is 23.6. The molecule has 0 amide bonds. The van der Waals surface area contributed by atoms with Gasteiger partial charge in [-0.05, 0) is 72.4 Å². The van der Waals surface area contributed by atoms with Gasteiger partial charge in [-0.2, -0.15) is 0 Å². The SMILES string of the molecule is C=C(CO)C(=O)OCOc1ccc(-c2ccc(C3CCC(CCCCCCC)CC3)c(F)c2)cc1OCOC(=O)C(=C)CO. The second-order valence-corrected chi connectivity index (χ2v) is 11.2. The monoisotopic (exact) mass is 612 g/mol. The third-order valence-corrected chi connectivity index (χ3v) is 8.05. The molecule has 0 aromatic heterocycles. The van der Waals surface area contributed by atoms with E-state index in [1.54, 1.807) is 18.2 Å². The summed E-state index contributed by atoms with van der Waals surface area (Å²) in [6, 6.07) is 10.1. The van der Waals surface area contributed by atoms with Gasteiger partial charge in [-0.15, -0.1) is 0 Å². The number of benzene rings is 2. The molecule has 0 atom stereocenters. The molecule has 0 unspecified atom stereocenters. The molecular formula is C35H45FO8. The number of unbranched alkanes of at least 4 members (excludes halogenated alkanes) is 4. The molecule has 1 aliphatic carbocycles. The van der Waals surface area contributed by atoms with E-state index in [4.69, 9.17) is 29.2 Å². The molecule has 0 radical (unpaired) electrons. The number of esters is 2. The zero-order valence-electron chi connectivity index (χ0n) is 25.7. The lowest BCUT2D eigenvalue weighted by molar-refractivity contribution is -0.147. The molecular weight excluding hydrogens is 567 g/mol. The van der Waals surface area contributed by atoms with Gasteiger partial charge >= 0.3 is 11.9 Å². The van der Waals surface area contributed by atoms with E-state index in [0.29, 0.717) is 11.1 Å². The van der Waals surface area contributed by atoms with Crippen LogP contribution in [-0.2, 0) is 19.1 Å². The number of hydrogen-bond donors (Lipinski definition) is 2. The van der Waals surface area contributed by atoms with Crippen LogP contribution in [0.25, 0.3) is 11.1 Å². The van der Waals surface area contributed by atoms with Crippen molar-refractivity contribution in [1.29, 1.82) is 0 Å². The van der Waals surface area contributed by atoms with Crippen molar-refractivity contribution in [2.45, 2.75) is 77.0 Å². The first-order chi connectivity index (χ1) is 21.3. The second-order valence-electron chi connectivity index (χ2n) is 11.2. The average Bonchev–Trinajstić information content (AvgIpc) is 3.04. The van der Waals surface area contributed by atoms with Gasteiger partial charge in [-0.25, -0.2) is 14.0 Å². The fourth-order valence-electron chi connectivity index (χ4n) is 5.38. The van der Waals surface area contributed by atoms with Crippen molar-refractivity contribution in [2.75, 3.05) is 26.8 Å². The van der Waals surface area contributed by atoms with Crippen LogP contribution in [0.4, 0.5) is 4.39 Å². The Bertz CT molecular complexity index is 1270. The van der Waals surface area contributed by atoms with Crippen molar-refractivity contribution < 1.29 is 43.1 Å². The van der Waals surface area contributed by atoms with E-state index in [9.17, 15) is 9.59 Å². The molecule has 2 aromatic rings. The van der Waals surface area contributed by atoms with E-state index in [1.165, 1.54) is 44.6 Å². The minimum absolute atomic E-state index is 0.132. The molecule has 1 aliphatic rings. The van der Waals surface area contributed by atoms with Gasteiger partial charge in [0.1, 0.15) is 5.82 Å². The number of rotatable bonds is 18. The maximum atomic E-state index is 15.4. The summed E-state index contributed by atoms with van der Waals surface area (Å²) < 4.78 is 36.5. The molecule has 0 bridgehead atoms. The van der Waals surface area contributed by atoms with Crippen LogP contribution in [0.5, 0.6) is 11.5 Å². The highest BCUT2D eigenvalue weighted by atomic mass is 19.1. The first kappa shape index (κ1) is 34.8. The smallest absolute Gasteiger partial charge is 0.338 e. The molecule has 1 saturated carbocycles. The van der Waals surface area contributed by atoms with E-state index in [2.05, 4.69) is 20.1 Å². The first-order valence-corrected chi connectivity index (χ1v) is 15.4. The van der Waals surface area contributed by atoms with Crippen LogP contribution in [-0.4, -0.2) is 49.0 Å². The van der Waals surface area contributed by atoms with E-state index < -0.39 is 38.7 Å². The van der Waals surface area contributed by atoms with Gasteiger partial charge < -0.3 is 29.2 Å². The Labute approximate surface area is 259 Å². The van der Waals surface area contributed by atoms with Crippen LogP contribution in [0.1, 0.15) is 82.6 Å². The summed E-state index contributed by atoms with van der Waals surface area (Å²) in [6.07, 6.45) is 12.0. The lowest BCUT2D eigenvalue weighted by Gasteiger charge is -2.29. The molecule has 0 heterocycles. The molecule has 0 spiro atoms. The predicted octanol–water partition coefficient (Wildman–Crippen LogP) is 6.98. The molecule has 0 saturated heterocycles. The summed E-state index contributed by atoms with van der Waals surface area (Å²) in [5.41, 5.74) is 1.73. The Morgan fingerprint density at radius 3 is 1.95 bits per heavy atom. The minimum atomic E-state index is -0.832. The molecule has 3 rings (SSSR count). The Hall–Kier alpha value is -3.69. The summed E-state index contributed by atoms with van der Waals surface area (Å²) in [6.45, 7) is 6.90. The van der Waals surface area contributed by atoms with Crippen molar-refractivity contribution in [3.05, 3.63) is 72.1 Å². The van der Waals surface area contributed by atoms with Crippen LogP contribution in [0.2, 0.25) is 0 Å². The number of halogens is 1. The van der Waals surface area contributed by atoms with Crippen molar-refractivity contribution in [1.82, 2.24) is 0 Å². The van der Waals surface area contributed by atoms with Gasteiger partial charge in [0.25, 0.3) is 0 Å². The Morgan fingerprint density at radius 2 is 1.36 bits per heavy atom. The highest BCUT2D eigenvalue weighted by molar-refractivity contribution is 5.88. The van der Waals surface area contributed by atoms with E-state index in [0.717, 1.165) is 37.2 Å². The van der Waals surface area contributed by atoms with E-state index in [1.807, 2.05) is 12.1 Å². The normalized spacial score (nSPS) is 16.2. The van der Waals surface area contributed by atoms with Crippen LogP contribution in [0.15, 0.2) is 60.7 Å². The van der Waals surface area contributed by atoms with Crippen molar-refractivity contribution in [3.8, 4) is 22.6 Å². The highest BCUT2D eigenvalue weighted by Crippen LogP contribution is 2.40. The Morgan fingerprint density at radius 1 is 0.795 bits per heavy atom. The molecule has 44 heavy (non-hydrogen) atoms. The second kappa shape index (κ2) is 18.2. The van der Waals surface area contributed by atoms with Crippen molar-refractivity contribution >= 4 is 11.9 Å². The third kappa shape index (κ3) is 10.5. The summed E-state index contributed by atoms with van der Waals surface area (Å²) in [7, 11) is 0. The first-order valence-electron chi connectivity index (χ1n) is 15.4. The molecule has 1 fully saturated rings. The highest BCUT2D eigenvalue weighted by Gasteiger charge is 2.24. The molecule has 8 nitrogen and oxygen atoms in total. The summed E-state index contributed by atoms with van der Waals surface area (Å²) in [5, 5.41) is 18.1. The topological polar surface area (TPSA) is 112 Å². The van der Waals surface area contributed by atoms with Crippen LogP contribution < -0.4 is 9.47 Å². The van der Waals surface area contributed by atoms with Crippen molar-refractivity contribution in [2.24, 2.45) is 5.92 Å². The lowest BCUT2D eigenvalue weighted by Crippen LogP contribution is -2.15. The third-order valence-electron chi connectivity index (χ3n) is 8.05. The van der Waals surface area contributed by atoms with E-state index in [-0.39, 0.29) is 34.4 Å². The predicted molar refractivity (Wildman–Crippen MR) is 166 cm³/mol. The zero-order chi connectivity index (χ0) is 31.9. The van der Waals surface area contributed by atoms with Crippen LogP contribution in [0.3, 0.4) is 0 Å². The number of carbonyl (C=O) groups excluding carboxylic acids is 2. The molecule has 2 aromatic carbocycles. The maximum Gasteiger partial charge on any atom is 0.338 e. The van der Waals surface area contributed by atoms with Crippen molar-refractivity contribution in [3.63, 3.8) is 0 Å². The summed E-state index contributed by atoms with van der Waals surface area (Å²) in [5.74, 6) is -0.654. The number of hydrogen-bond acceptors (Lipinski definition) is 8. The quantitative estimate of drug-likeness (QED) is 0.0803. The number of aliphatic hydroxyl groups excluding tert-OH is 2. The average molecular weight is 613 g/mol. The van der Waals surface area contributed by atoms with Crippen LogP contribution >= 0.6 is 0 Å². The van der Waals surface area contributed by atoms with Gasteiger partial charge in [0.15, 0.2) is 11.5 Å². The standard InChI is InChI=1S/C35H45FO8/c1-4-5-6-7-8-9-26-10-12-27(13-11-26)30-16-14-28(18-31(30)36)29-15-17-32(41-22-43-34(39)24(2)20-37)33(19-29)42-23-44-35(40)25(3)21-38/h14-19,26-27,37-38H,2-13,20-23H2,1H3. The fraction of sp³-hybridized carbons (Fsp3) is 0.486. The number of ether oxygens (including phenoxy) is 4. The molecule has 240 valence electrons.